The number of anilines is 8. The molecule has 0 fully saturated rings. The van der Waals surface area contributed by atoms with E-state index in [2.05, 4.69) is 72.1 Å². The highest BCUT2D eigenvalue weighted by Crippen LogP contribution is 2.34. The van der Waals surface area contributed by atoms with Gasteiger partial charge in [0, 0.05) is 67.8 Å². The maximum absolute atomic E-state index is 11.1. The Hall–Kier alpha value is -11.4. The van der Waals surface area contributed by atoms with Crippen LogP contribution in [0, 0.1) is 13.8 Å². The molecule has 12 N–H and O–H groups in total. The number of thiophene rings is 4. The molecular weight excluding hydrogens is 1380 g/mol. The fourth-order valence-electron chi connectivity index (χ4n) is 11.0. The zero-order chi connectivity index (χ0) is 74.1. The molecule has 0 saturated carbocycles. The molecule has 0 bridgehead atoms. The fourth-order valence-corrected chi connectivity index (χ4v) is 13.7. The van der Waals surface area contributed by atoms with Gasteiger partial charge in [-0.3, -0.25) is 19.2 Å². The Morgan fingerprint density at radius 2 is 0.606 bits per heavy atom. The average molecular weight is 1460 g/mol. The molecule has 20 nitrogen and oxygen atoms in total. The largest absolute Gasteiger partial charge is 0.369 e. The number of rotatable bonds is 28. The molecule has 0 radical (unpaired) electrons. The van der Waals surface area contributed by atoms with Gasteiger partial charge < -0.3 is 44.2 Å². The number of hydrogen-bond acceptors (Lipinski definition) is 20. The van der Waals surface area contributed by atoms with Crippen molar-refractivity contribution in [2.45, 2.75) is 106 Å². The quantitative estimate of drug-likeness (QED) is 0.0211. The first-order chi connectivity index (χ1) is 50.3. The number of allylic oxidation sites excluding steroid dienone is 2. The summed E-state index contributed by atoms with van der Waals surface area (Å²) in [5.74, 6) is 4.78. The number of amides is 4. The van der Waals surface area contributed by atoms with Gasteiger partial charge in [0.1, 0.15) is 23.3 Å². The Morgan fingerprint density at radius 3 is 0.875 bits per heavy atom. The van der Waals surface area contributed by atoms with Crippen LogP contribution in [0.5, 0.6) is 0 Å². The SMILES string of the molecule is C=CCc1c(C)nc(-c2cccs2)nc1Nc1ccc(CC(N)=O)cc1.C=CCc1c(CC)nc(-c2cccs2)nc1Nc1ccc(CC(N)=O)cc1.CCc1c(C)nc(-c2cccs2)nc1Nc1ccc(CC(N)=O)cc1.CCc1nc(-c2cccs2)nc(Nc2ccc(CC(N)=O)cc2)c1CC. The topological polar surface area (TPSA) is 324 Å². The highest BCUT2D eigenvalue weighted by atomic mass is 32.1. The Kier molecular flexibility index (Phi) is 28.0. The zero-order valence-electron chi connectivity index (χ0n) is 59.0. The first-order valence-electron chi connectivity index (χ1n) is 33.8. The van der Waals surface area contributed by atoms with Crippen molar-refractivity contribution in [3.63, 3.8) is 0 Å². The fraction of sp³-hybridized carbons (Fsp3) is 0.200. The second-order valence-corrected chi connectivity index (χ2v) is 27.5. The standard InChI is InChI=1S/C21H22N4OS.C20H20N4OS.C20H22N4OS.C19H20N4OS/c1-3-6-16-17(4-2)24-21(18-7-5-12-27-18)25-20(16)23-15-10-8-14(9-11-15)13-19(22)26;1-3-5-16-13(2)22-20(17-6-4-11-26-17)24-19(16)23-15-9-7-14(8-10-15)12-18(21)25;1-3-15-16(4-2)23-20(17-6-5-11-26-17)24-19(15)22-14-9-7-13(8-10-14)12-18(21)25;1-3-15-12(2)21-19(16-5-4-10-25-16)23-18(15)22-14-8-6-13(7-9-14)11-17(20)24/h3,5,7-12H,1,4,6,13H2,2H3,(H2,22,26)(H,23,24,25);3-4,6-11H,1,5,12H2,2H3,(H2,21,25)(H,22,23,24);5-11H,3-4,12H2,1-2H3,(H2,21,25)(H,22,23,24);4-10H,3,11H2,1-2H3,(H2,20,24)(H,21,22,23). The van der Waals surface area contributed by atoms with Gasteiger partial charge in [-0.05, 0) is 169 Å². The summed E-state index contributed by atoms with van der Waals surface area (Å²) in [7, 11) is 0. The van der Waals surface area contributed by atoms with E-state index in [0.717, 1.165) is 176 Å². The smallest absolute Gasteiger partial charge is 0.221 e. The van der Waals surface area contributed by atoms with Gasteiger partial charge >= 0.3 is 0 Å². The van der Waals surface area contributed by atoms with Gasteiger partial charge in [0.25, 0.3) is 0 Å². The van der Waals surface area contributed by atoms with Crippen LogP contribution >= 0.6 is 45.3 Å². The summed E-state index contributed by atoms with van der Waals surface area (Å²) < 4.78 is 0. The Bertz CT molecular complexity index is 4840. The van der Waals surface area contributed by atoms with E-state index in [0.29, 0.717) is 18.7 Å². The van der Waals surface area contributed by atoms with Gasteiger partial charge in [0.05, 0.1) is 45.2 Å². The monoisotopic (exact) mass is 1460 g/mol. The molecule has 104 heavy (non-hydrogen) atoms. The van der Waals surface area contributed by atoms with Crippen LogP contribution in [0.2, 0.25) is 0 Å². The van der Waals surface area contributed by atoms with E-state index < -0.39 is 0 Å². The van der Waals surface area contributed by atoms with Crippen LogP contribution in [-0.2, 0) is 83.4 Å². The second-order valence-electron chi connectivity index (χ2n) is 23.7. The minimum Gasteiger partial charge on any atom is -0.369 e. The van der Waals surface area contributed by atoms with Crippen molar-refractivity contribution in [3.8, 4) is 42.8 Å². The van der Waals surface area contributed by atoms with Gasteiger partial charge in [-0.15, -0.1) is 58.5 Å². The molecule has 12 aromatic rings. The van der Waals surface area contributed by atoms with E-state index in [9.17, 15) is 19.2 Å². The maximum atomic E-state index is 11.1. The third-order valence-corrected chi connectivity index (χ3v) is 19.5. The number of aryl methyl sites for hydroxylation is 4. The van der Waals surface area contributed by atoms with E-state index in [1.807, 2.05) is 193 Å². The number of nitrogens with one attached hydrogen (secondary N) is 4. The minimum atomic E-state index is -0.342. The van der Waals surface area contributed by atoms with Crippen molar-refractivity contribution < 1.29 is 19.2 Å². The van der Waals surface area contributed by atoms with Crippen molar-refractivity contribution in [3.05, 3.63) is 260 Å². The highest BCUT2D eigenvalue weighted by molar-refractivity contribution is 7.14. The van der Waals surface area contributed by atoms with Crippen molar-refractivity contribution in [2.24, 2.45) is 22.9 Å². The Morgan fingerprint density at radius 1 is 0.346 bits per heavy atom. The van der Waals surface area contributed by atoms with E-state index in [-0.39, 0.29) is 49.3 Å². The molecule has 24 heteroatoms. The lowest BCUT2D eigenvalue weighted by Gasteiger charge is -2.15. The summed E-state index contributed by atoms with van der Waals surface area (Å²) in [4.78, 5) is 86.1. The number of hydrogen-bond donors (Lipinski definition) is 8. The molecule has 8 aromatic heterocycles. The second kappa shape index (κ2) is 38.0. The minimum absolute atomic E-state index is 0.233. The summed E-state index contributed by atoms with van der Waals surface area (Å²) in [6.45, 7) is 20.1. The lowest BCUT2D eigenvalue weighted by Crippen LogP contribution is -2.13. The van der Waals surface area contributed by atoms with Crippen LogP contribution in [0.1, 0.15) is 95.0 Å². The number of carbonyl (C=O) groups excluding carboxylic acids is 4. The van der Waals surface area contributed by atoms with Gasteiger partial charge in [-0.2, -0.15) is 0 Å². The molecule has 12 rings (SSSR count). The van der Waals surface area contributed by atoms with Gasteiger partial charge in [-0.25, -0.2) is 39.9 Å². The summed E-state index contributed by atoms with van der Waals surface area (Å²) in [5.41, 5.74) is 36.4. The van der Waals surface area contributed by atoms with Crippen LogP contribution in [0.3, 0.4) is 0 Å². The van der Waals surface area contributed by atoms with E-state index in [1.54, 1.807) is 45.3 Å². The number of nitrogens with two attached hydrogens (primary N) is 4. The molecule has 0 unspecified atom stereocenters. The van der Waals surface area contributed by atoms with Gasteiger partial charge in [0.15, 0.2) is 23.3 Å². The van der Waals surface area contributed by atoms with E-state index in [1.165, 1.54) is 0 Å². The lowest BCUT2D eigenvalue weighted by molar-refractivity contribution is -0.118. The van der Waals surface area contributed by atoms with Crippen LogP contribution in [-0.4, -0.2) is 63.5 Å². The summed E-state index contributed by atoms with van der Waals surface area (Å²) in [6.07, 6.45) is 9.42. The average Bonchev–Trinajstić information content (AvgIpc) is 1.13. The molecule has 4 amide bonds. The summed E-state index contributed by atoms with van der Waals surface area (Å²) >= 11 is 6.49. The van der Waals surface area contributed by atoms with E-state index >= 15 is 0 Å². The number of aromatic nitrogens is 8. The van der Waals surface area contributed by atoms with Crippen LogP contribution < -0.4 is 44.2 Å². The van der Waals surface area contributed by atoms with Crippen LogP contribution in [0.25, 0.3) is 42.8 Å². The van der Waals surface area contributed by atoms with Crippen LogP contribution in [0.15, 0.2) is 192 Å². The van der Waals surface area contributed by atoms with Crippen molar-refractivity contribution in [1.29, 1.82) is 0 Å². The van der Waals surface area contributed by atoms with Crippen LogP contribution in [0.4, 0.5) is 46.0 Å². The Labute approximate surface area is 622 Å². The molecule has 0 saturated heterocycles. The van der Waals surface area contributed by atoms with Crippen molar-refractivity contribution >= 4 is 115 Å². The summed E-state index contributed by atoms with van der Waals surface area (Å²) in [6, 6.07) is 46.6. The van der Waals surface area contributed by atoms with E-state index in [4.69, 9.17) is 52.8 Å². The van der Waals surface area contributed by atoms with Crippen molar-refractivity contribution in [1.82, 2.24) is 39.9 Å². The molecule has 0 atom stereocenters. The number of nitrogens with zero attached hydrogens (tertiary/aromatic N) is 8. The number of primary amides is 4. The molecule has 0 aliphatic carbocycles. The maximum Gasteiger partial charge on any atom is 0.221 e. The lowest BCUT2D eigenvalue weighted by atomic mass is 10.1. The molecule has 0 spiro atoms. The first kappa shape index (κ1) is 76.7. The van der Waals surface area contributed by atoms with Crippen molar-refractivity contribution in [2.75, 3.05) is 21.3 Å². The molecular formula is C80H84N16O4S4. The molecule has 4 aromatic carbocycles. The third-order valence-electron chi connectivity index (χ3n) is 16.0. The highest BCUT2D eigenvalue weighted by Gasteiger charge is 2.19. The third kappa shape index (κ3) is 21.8. The molecule has 8 heterocycles. The normalized spacial score (nSPS) is 10.6. The number of carbonyl (C=O) groups is 4. The first-order valence-corrected chi connectivity index (χ1v) is 37.3. The molecule has 532 valence electrons. The Balaban J connectivity index is 0.000000161. The zero-order valence-corrected chi connectivity index (χ0v) is 62.2. The number of benzene rings is 4. The molecule has 0 aliphatic heterocycles. The molecule has 0 aliphatic rings. The predicted octanol–water partition coefficient (Wildman–Crippen LogP) is 16.2. The van der Waals surface area contributed by atoms with Gasteiger partial charge in [0.2, 0.25) is 23.6 Å². The predicted molar refractivity (Wildman–Crippen MR) is 427 cm³/mol. The van der Waals surface area contributed by atoms with Gasteiger partial charge in [-0.1, -0.05) is 113 Å². The summed E-state index contributed by atoms with van der Waals surface area (Å²) in [5, 5.41) is 21.7.